The van der Waals surface area contributed by atoms with Crippen molar-refractivity contribution < 1.29 is 9.34 Å². The van der Waals surface area contributed by atoms with Gasteiger partial charge in [-0.3, -0.25) is 10.1 Å². The first-order chi connectivity index (χ1) is 10.5. The molecule has 2 heterocycles. The fourth-order valence-corrected chi connectivity index (χ4v) is 2.31. The summed E-state index contributed by atoms with van der Waals surface area (Å²) < 4.78 is 5.56. The number of rotatable bonds is 4. The summed E-state index contributed by atoms with van der Waals surface area (Å²) in [6.07, 6.45) is 0. The lowest BCUT2D eigenvalue weighted by atomic mass is 10.2. The van der Waals surface area contributed by atoms with Crippen molar-refractivity contribution in [3.63, 3.8) is 0 Å². The van der Waals surface area contributed by atoms with Gasteiger partial charge in [0.05, 0.1) is 17.0 Å². The van der Waals surface area contributed by atoms with Crippen LogP contribution in [0.4, 0.5) is 11.5 Å². The maximum atomic E-state index is 10.8. The zero-order chi connectivity index (χ0) is 15.7. The first kappa shape index (κ1) is 14.1. The molecule has 22 heavy (non-hydrogen) atoms. The van der Waals surface area contributed by atoms with E-state index in [9.17, 15) is 10.1 Å². The molecule has 0 radical (unpaired) electrons. The maximum Gasteiger partial charge on any atom is 0.270 e. The van der Waals surface area contributed by atoms with Crippen molar-refractivity contribution in [1.29, 1.82) is 0 Å². The van der Waals surface area contributed by atoms with Crippen LogP contribution in [0.15, 0.2) is 46.9 Å². The minimum absolute atomic E-state index is 0.0708. The Hall–Kier alpha value is -2.89. The second-order valence-corrected chi connectivity index (χ2v) is 5.17. The molecule has 0 spiro atoms. The molecule has 0 unspecified atom stereocenters. The Morgan fingerprint density at radius 3 is 2.73 bits per heavy atom. The van der Waals surface area contributed by atoms with Crippen LogP contribution in [-0.4, -0.2) is 17.0 Å². The smallest absolute Gasteiger partial charge is 0.270 e. The van der Waals surface area contributed by atoms with E-state index in [0.717, 1.165) is 28.2 Å². The highest BCUT2D eigenvalue weighted by Crippen LogP contribution is 2.23. The highest BCUT2D eigenvalue weighted by Gasteiger charge is 2.10. The molecule has 0 saturated carbocycles. The average Bonchev–Trinajstić information content (AvgIpc) is 2.91. The molecule has 0 aliphatic rings. The van der Waals surface area contributed by atoms with Gasteiger partial charge in [0, 0.05) is 24.6 Å². The third-order valence-electron chi connectivity index (χ3n) is 3.45. The van der Waals surface area contributed by atoms with Gasteiger partial charge in [-0.25, -0.2) is 4.98 Å². The summed E-state index contributed by atoms with van der Waals surface area (Å²) in [5.41, 5.74) is 0.798. The number of nitro benzene ring substituents is 1. The minimum atomic E-state index is -0.404. The van der Waals surface area contributed by atoms with E-state index in [1.165, 1.54) is 12.1 Å². The molecule has 6 nitrogen and oxygen atoms in total. The SMILES string of the molecule is Cc1ccc(CN(C)c2ccc3cc([N+](=O)[O-])ccc3n2)o1. The normalized spacial score (nSPS) is 10.8. The molecule has 1 aromatic carbocycles. The van der Waals surface area contributed by atoms with E-state index in [0.29, 0.717) is 6.54 Å². The maximum absolute atomic E-state index is 10.8. The summed E-state index contributed by atoms with van der Waals surface area (Å²) >= 11 is 0. The molecule has 3 rings (SSSR count). The van der Waals surface area contributed by atoms with Crippen molar-refractivity contribution in [3.05, 3.63) is 64.1 Å². The van der Waals surface area contributed by atoms with E-state index in [-0.39, 0.29) is 5.69 Å². The summed E-state index contributed by atoms with van der Waals surface area (Å²) in [6.45, 7) is 2.52. The van der Waals surface area contributed by atoms with Crippen LogP contribution < -0.4 is 4.90 Å². The number of benzene rings is 1. The Bertz CT molecular complexity index is 842. The Labute approximate surface area is 127 Å². The molecule has 0 aliphatic carbocycles. The van der Waals surface area contributed by atoms with Crippen LogP contribution >= 0.6 is 0 Å². The van der Waals surface area contributed by atoms with Crippen LogP contribution in [0.5, 0.6) is 0 Å². The van der Waals surface area contributed by atoms with Gasteiger partial charge in [-0.15, -0.1) is 0 Å². The van der Waals surface area contributed by atoms with E-state index in [1.54, 1.807) is 6.07 Å². The number of nitrogens with zero attached hydrogens (tertiary/aromatic N) is 3. The van der Waals surface area contributed by atoms with Crippen LogP contribution in [0.2, 0.25) is 0 Å². The average molecular weight is 297 g/mol. The number of hydrogen-bond donors (Lipinski definition) is 0. The molecule has 0 atom stereocenters. The van der Waals surface area contributed by atoms with Crippen molar-refractivity contribution in [2.45, 2.75) is 13.5 Å². The molecule has 2 aromatic heterocycles. The Balaban J connectivity index is 1.87. The minimum Gasteiger partial charge on any atom is -0.464 e. The Morgan fingerprint density at radius 1 is 1.23 bits per heavy atom. The molecular formula is C16H15N3O3. The van der Waals surface area contributed by atoms with Gasteiger partial charge in [0.15, 0.2) is 0 Å². The van der Waals surface area contributed by atoms with Gasteiger partial charge < -0.3 is 9.32 Å². The summed E-state index contributed by atoms with van der Waals surface area (Å²) in [5.74, 6) is 2.53. The predicted octanol–water partition coefficient (Wildman–Crippen LogP) is 3.68. The number of hydrogen-bond acceptors (Lipinski definition) is 5. The molecule has 3 aromatic rings. The molecule has 0 bridgehead atoms. The van der Waals surface area contributed by atoms with E-state index >= 15 is 0 Å². The first-order valence-corrected chi connectivity index (χ1v) is 6.84. The summed E-state index contributed by atoms with van der Waals surface area (Å²) in [6, 6.07) is 12.2. The van der Waals surface area contributed by atoms with Crippen molar-refractivity contribution in [2.24, 2.45) is 0 Å². The lowest BCUT2D eigenvalue weighted by molar-refractivity contribution is -0.384. The predicted molar refractivity (Wildman–Crippen MR) is 83.9 cm³/mol. The van der Waals surface area contributed by atoms with Gasteiger partial charge in [0.1, 0.15) is 17.3 Å². The first-order valence-electron chi connectivity index (χ1n) is 6.84. The third-order valence-corrected chi connectivity index (χ3v) is 3.45. The number of pyridine rings is 1. The van der Waals surface area contributed by atoms with E-state index in [1.807, 2.05) is 43.1 Å². The van der Waals surface area contributed by atoms with Crippen LogP contribution in [0.1, 0.15) is 11.5 Å². The fourth-order valence-electron chi connectivity index (χ4n) is 2.31. The number of aryl methyl sites for hydroxylation is 1. The second kappa shape index (κ2) is 5.48. The van der Waals surface area contributed by atoms with Crippen LogP contribution in [-0.2, 0) is 6.54 Å². The summed E-state index contributed by atoms with van der Waals surface area (Å²) in [4.78, 5) is 16.9. The molecule has 0 fully saturated rings. The van der Waals surface area contributed by atoms with Crippen LogP contribution in [0.25, 0.3) is 10.9 Å². The van der Waals surface area contributed by atoms with Gasteiger partial charge in [0.2, 0.25) is 0 Å². The van der Waals surface area contributed by atoms with Gasteiger partial charge in [0.25, 0.3) is 5.69 Å². The molecule has 112 valence electrons. The summed E-state index contributed by atoms with van der Waals surface area (Å²) in [7, 11) is 1.93. The van der Waals surface area contributed by atoms with Gasteiger partial charge >= 0.3 is 0 Å². The molecule has 0 saturated heterocycles. The number of fused-ring (bicyclic) bond motifs is 1. The fraction of sp³-hybridized carbons (Fsp3) is 0.188. The number of aromatic nitrogens is 1. The quantitative estimate of drug-likeness (QED) is 0.542. The molecule has 0 aliphatic heterocycles. The molecule has 6 heteroatoms. The largest absolute Gasteiger partial charge is 0.464 e. The van der Waals surface area contributed by atoms with E-state index in [4.69, 9.17) is 4.42 Å². The molecule has 0 N–H and O–H groups in total. The molecular weight excluding hydrogens is 282 g/mol. The highest BCUT2D eigenvalue weighted by atomic mass is 16.6. The monoisotopic (exact) mass is 297 g/mol. The van der Waals surface area contributed by atoms with Crippen molar-refractivity contribution in [3.8, 4) is 0 Å². The van der Waals surface area contributed by atoms with Gasteiger partial charge in [-0.2, -0.15) is 0 Å². The topological polar surface area (TPSA) is 72.4 Å². The second-order valence-electron chi connectivity index (χ2n) is 5.17. The van der Waals surface area contributed by atoms with Crippen LogP contribution in [0, 0.1) is 17.0 Å². The Morgan fingerprint density at radius 2 is 2.05 bits per heavy atom. The van der Waals surface area contributed by atoms with Gasteiger partial charge in [-0.1, -0.05) is 0 Å². The Kier molecular flexibility index (Phi) is 3.50. The van der Waals surface area contributed by atoms with E-state index < -0.39 is 4.92 Å². The standard InChI is InChI=1S/C16H15N3O3/c1-11-3-6-14(22-11)10-18(2)16-8-4-12-9-13(19(20)21)5-7-15(12)17-16/h3-9H,10H2,1-2H3. The molecule has 0 amide bonds. The number of furan rings is 1. The summed E-state index contributed by atoms with van der Waals surface area (Å²) in [5, 5.41) is 11.5. The third kappa shape index (κ3) is 2.76. The number of nitro groups is 1. The zero-order valence-corrected chi connectivity index (χ0v) is 12.3. The lowest BCUT2D eigenvalue weighted by Gasteiger charge is -2.17. The lowest BCUT2D eigenvalue weighted by Crippen LogP contribution is -2.17. The van der Waals surface area contributed by atoms with E-state index in [2.05, 4.69) is 4.98 Å². The highest BCUT2D eigenvalue weighted by molar-refractivity contribution is 5.82. The number of anilines is 1. The van der Waals surface area contributed by atoms with Gasteiger partial charge in [-0.05, 0) is 37.3 Å². The van der Waals surface area contributed by atoms with Crippen molar-refractivity contribution >= 4 is 22.4 Å². The van der Waals surface area contributed by atoms with Crippen molar-refractivity contribution in [2.75, 3.05) is 11.9 Å². The zero-order valence-electron chi connectivity index (χ0n) is 12.3. The number of non-ortho nitro benzene ring substituents is 1. The van der Waals surface area contributed by atoms with Crippen LogP contribution in [0.3, 0.4) is 0 Å². The van der Waals surface area contributed by atoms with Crippen molar-refractivity contribution in [1.82, 2.24) is 4.98 Å².